The van der Waals surface area contributed by atoms with Crippen LogP contribution in [0, 0.1) is 0 Å². The molecule has 1 heterocycles. The maximum Gasteiger partial charge on any atom is 0.0481 e. The summed E-state index contributed by atoms with van der Waals surface area (Å²) in [6.45, 7) is 2.89. The van der Waals surface area contributed by atoms with E-state index in [2.05, 4.69) is 17.2 Å². The largest absolute Gasteiger partial charge is 0.398 e. The predicted octanol–water partition coefficient (Wildman–Crippen LogP) is 2.65. The van der Waals surface area contributed by atoms with E-state index >= 15 is 0 Å². The molecule has 1 aromatic heterocycles. The van der Waals surface area contributed by atoms with Crippen LogP contribution in [0.3, 0.4) is 0 Å². The second kappa shape index (κ2) is 5.69. The molecular weight excluding hydrogens is 226 g/mol. The molecule has 2 rings (SSSR count). The molecule has 1 atom stereocenters. The third kappa shape index (κ3) is 2.71. The fourth-order valence-corrected chi connectivity index (χ4v) is 1.97. The number of benzene rings is 1. The number of nitrogens with one attached hydrogen (secondary N) is 1. The Hall–Kier alpha value is -1.81. The number of ether oxygens (including phenoxy) is 1. The summed E-state index contributed by atoms with van der Waals surface area (Å²) in [4.78, 5) is 4.16. The van der Waals surface area contributed by atoms with Crippen LogP contribution in [0.2, 0.25) is 0 Å². The van der Waals surface area contributed by atoms with E-state index in [4.69, 9.17) is 10.5 Å². The van der Waals surface area contributed by atoms with Crippen molar-refractivity contribution in [2.24, 2.45) is 0 Å². The smallest absolute Gasteiger partial charge is 0.0481 e. The summed E-state index contributed by atoms with van der Waals surface area (Å²) in [5.41, 5.74) is 7.81. The molecule has 0 aliphatic heterocycles. The summed E-state index contributed by atoms with van der Waals surface area (Å²) in [6.07, 6.45) is 4.57. The van der Waals surface area contributed by atoms with Crippen LogP contribution in [0.5, 0.6) is 0 Å². The van der Waals surface area contributed by atoms with E-state index in [0.29, 0.717) is 6.04 Å². The summed E-state index contributed by atoms with van der Waals surface area (Å²) in [7, 11) is 1.72. The van der Waals surface area contributed by atoms with Gasteiger partial charge in [-0.15, -0.1) is 0 Å². The van der Waals surface area contributed by atoms with Gasteiger partial charge in [0.05, 0.1) is 0 Å². The zero-order chi connectivity index (χ0) is 13.0. The Morgan fingerprint density at radius 3 is 2.94 bits per heavy atom. The number of nitrogen functional groups attached to an aromatic ring is 1. The molecule has 0 amide bonds. The molecular formula is C14H19N3O. The molecule has 0 aliphatic carbocycles. The van der Waals surface area contributed by atoms with E-state index in [9.17, 15) is 0 Å². The van der Waals surface area contributed by atoms with Crippen molar-refractivity contribution in [2.45, 2.75) is 19.4 Å². The molecule has 0 aliphatic rings. The van der Waals surface area contributed by atoms with Crippen molar-refractivity contribution in [2.75, 3.05) is 24.8 Å². The molecule has 18 heavy (non-hydrogen) atoms. The highest BCUT2D eigenvalue weighted by molar-refractivity contribution is 6.00. The van der Waals surface area contributed by atoms with Crippen LogP contribution in [-0.2, 0) is 4.74 Å². The second-order valence-electron chi connectivity index (χ2n) is 4.45. The van der Waals surface area contributed by atoms with Crippen molar-refractivity contribution in [3.05, 3.63) is 30.6 Å². The lowest BCUT2D eigenvalue weighted by Crippen LogP contribution is -2.17. The number of anilines is 2. The molecule has 0 saturated heterocycles. The number of hydrogen-bond acceptors (Lipinski definition) is 4. The molecule has 4 nitrogen and oxygen atoms in total. The summed E-state index contributed by atoms with van der Waals surface area (Å²) in [5, 5.41) is 5.56. The Morgan fingerprint density at radius 2 is 2.17 bits per heavy atom. The Morgan fingerprint density at radius 1 is 1.33 bits per heavy atom. The second-order valence-corrected chi connectivity index (χ2v) is 4.45. The Bertz CT molecular complexity index is 527. The quantitative estimate of drug-likeness (QED) is 0.795. The van der Waals surface area contributed by atoms with Crippen LogP contribution in [0.15, 0.2) is 30.6 Å². The van der Waals surface area contributed by atoms with Crippen molar-refractivity contribution in [1.82, 2.24) is 4.98 Å². The minimum Gasteiger partial charge on any atom is -0.398 e. The van der Waals surface area contributed by atoms with Gasteiger partial charge in [0.15, 0.2) is 0 Å². The fraction of sp³-hybridized carbons (Fsp3) is 0.357. The summed E-state index contributed by atoms with van der Waals surface area (Å²) < 4.78 is 5.08. The first-order valence-electron chi connectivity index (χ1n) is 6.10. The summed E-state index contributed by atoms with van der Waals surface area (Å²) in [5.74, 6) is 0. The SMILES string of the molecule is COCCC(C)Nc1ccc(N)c2ccncc12. The zero-order valence-corrected chi connectivity index (χ0v) is 10.8. The van der Waals surface area contributed by atoms with Gasteiger partial charge in [0.2, 0.25) is 0 Å². The van der Waals surface area contributed by atoms with Crippen molar-refractivity contribution >= 4 is 22.1 Å². The molecule has 3 N–H and O–H groups in total. The van der Waals surface area contributed by atoms with Gasteiger partial charge in [-0.2, -0.15) is 0 Å². The molecule has 4 heteroatoms. The number of nitrogens with zero attached hydrogens (tertiary/aromatic N) is 1. The monoisotopic (exact) mass is 245 g/mol. The first kappa shape index (κ1) is 12.6. The van der Waals surface area contributed by atoms with Crippen molar-refractivity contribution < 1.29 is 4.74 Å². The number of rotatable bonds is 5. The topological polar surface area (TPSA) is 60.2 Å². The average molecular weight is 245 g/mol. The van der Waals surface area contributed by atoms with Crippen molar-refractivity contribution in [3.8, 4) is 0 Å². The van der Waals surface area contributed by atoms with Crippen LogP contribution < -0.4 is 11.1 Å². The van der Waals surface area contributed by atoms with E-state index in [0.717, 1.165) is 35.2 Å². The first-order valence-corrected chi connectivity index (χ1v) is 6.10. The fourth-order valence-electron chi connectivity index (χ4n) is 1.97. The normalized spacial score (nSPS) is 12.6. The maximum absolute atomic E-state index is 5.96. The molecule has 0 spiro atoms. The van der Waals surface area contributed by atoms with E-state index in [1.807, 2.05) is 24.4 Å². The number of pyridine rings is 1. The van der Waals surface area contributed by atoms with E-state index in [1.165, 1.54) is 0 Å². The minimum atomic E-state index is 0.344. The number of fused-ring (bicyclic) bond motifs is 1. The minimum absolute atomic E-state index is 0.344. The van der Waals surface area contributed by atoms with Gasteiger partial charge in [-0.3, -0.25) is 4.98 Å². The number of hydrogen-bond donors (Lipinski definition) is 2. The number of nitrogens with two attached hydrogens (primary N) is 1. The molecule has 1 unspecified atom stereocenters. The van der Waals surface area contributed by atoms with Gasteiger partial charge in [-0.05, 0) is 31.5 Å². The number of aromatic nitrogens is 1. The number of methoxy groups -OCH3 is 1. The Labute approximate surface area is 107 Å². The van der Waals surface area contributed by atoms with Crippen LogP contribution in [0.25, 0.3) is 10.8 Å². The predicted molar refractivity (Wildman–Crippen MR) is 75.7 cm³/mol. The molecule has 0 radical (unpaired) electrons. The van der Waals surface area contributed by atoms with Gasteiger partial charge in [0.1, 0.15) is 0 Å². The van der Waals surface area contributed by atoms with E-state index < -0.39 is 0 Å². The van der Waals surface area contributed by atoms with E-state index in [-0.39, 0.29) is 0 Å². The van der Waals surface area contributed by atoms with Crippen molar-refractivity contribution in [1.29, 1.82) is 0 Å². The molecule has 2 aromatic rings. The molecule has 0 saturated carbocycles. The standard InChI is InChI=1S/C14H19N3O/c1-10(6-8-18-2)17-14-4-3-13(15)11-5-7-16-9-12(11)14/h3-5,7,9-10,17H,6,8,15H2,1-2H3. The van der Waals surface area contributed by atoms with Gasteiger partial charge in [0, 0.05) is 54.3 Å². The van der Waals surface area contributed by atoms with Crippen LogP contribution in [0.1, 0.15) is 13.3 Å². The Kier molecular flexibility index (Phi) is 3.99. The van der Waals surface area contributed by atoms with Gasteiger partial charge in [-0.1, -0.05) is 0 Å². The van der Waals surface area contributed by atoms with Gasteiger partial charge in [-0.25, -0.2) is 0 Å². The highest BCUT2D eigenvalue weighted by atomic mass is 16.5. The summed E-state index contributed by atoms with van der Waals surface area (Å²) >= 11 is 0. The molecule has 0 fully saturated rings. The molecule has 0 bridgehead atoms. The average Bonchev–Trinajstić information content (AvgIpc) is 2.40. The van der Waals surface area contributed by atoms with Gasteiger partial charge < -0.3 is 15.8 Å². The summed E-state index contributed by atoms with van der Waals surface area (Å²) in [6, 6.07) is 6.21. The highest BCUT2D eigenvalue weighted by Gasteiger charge is 2.07. The molecule has 96 valence electrons. The van der Waals surface area contributed by atoms with E-state index in [1.54, 1.807) is 13.3 Å². The van der Waals surface area contributed by atoms with Crippen molar-refractivity contribution in [3.63, 3.8) is 0 Å². The lowest BCUT2D eigenvalue weighted by molar-refractivity contribution is 0.191. The highest BCUT2D eigenvalue weighted by Crippen LogP contribution is 2.27. The molecule has 1 aromatic carbocycles. The zero-order valence-electron chi connectivity index (χ0n) is 10.8. The maximum atomic E-state index is 5.96. The van der Waals surface area contributed by atoms with Crippen LogP contribution in [-0.4, -0.2) is 24.7 Å². The third-order valence-corrected chi connectivity index (χ3v) is 3.01. The van der Waals surface area contributed by atoms with Gasteiger partial charge in [0.25, 0.3) is 0 Å². The first-order chi connectivity index (χ1) is 8.72. The van der Waals surface area contributed by atoms with Crippen LogP contribution in [0.4, 0.5) is 11.4 Å². The van der Waals surface area contributed by atoms with Gasteiger partial charge >= 0.3 is 0 Å². The third-order valence-electron chi connectivity index (χ3n) is 3.01. The lowest BCUT2D eigenvalue weighted by Gasteiger charge is -2.17. The lowest BCUT2D eigenvalue weighted by atomic mass is 10.1. The van der Waals surface area contributed by atoms with Crippen LogP contribution >= 0.6 is 0 Å². The Balaban J connectivity index is 2.26.